The Kier molecular flexibility index (Phi) is 4.33. The van der Waals surface area contributed by atoms with E-state index in [0.717, 1.165) is 38.3 Å². The molecule has 1 saturated heterocycles. The van der Waals surface area contributed by atoms with E-state index in [1.165, 1.54) is 0 Å². The number of hydrogen-bond acceptors (Lipinski definition) is 5. The van der Waals surface area contributed by atoms with Gasteiger partial charge in [0.25, 0.3) is 0 Å². The lowest BCUT2D eigenvalue weighted by Crippen LogP contribution is -2.50. The zero-order valence-corrected chi connectivity index (χ0v) is 11.1. The molecule has 0 aliphatic carbocycles. The number of anilines is 1. The van der Waals surface area contributed by atoms with Gasteiger partial charge in [-0.3, -0.25) is 4.90 Å². The van der Waals surface area contributed by atoms with Crippen LogP contribution in [0.3, 0.4) is 0 Å². The SMILES string of the molecule is CCC(C#N)N1CCN(c2ccnc(C#N)c2)CC1. The molecule has 1 aliphatic rings. The van der Waals surface area contributed by atoms with Crippen molar-refractivity contribution >= 4 is 5.69 Å². The maximum atomic E-state index is 9.08. The Hall–Kier alpha value is -2.11. The molecule has 5 heteroatoms. The molecule has 19 heavy (non-hydrogen) atoms. The molecule has 98 valence electrons. The third-order valence-electron chi connectivity index (χ3n) is 3.51. The van der Waals surface area contributed by atoms with Gasteiger partial charge in [0.05, 0.1) is 12.1 Å². The van der Waals surface area contributed by atoms with Gasteiger partial charge in [-0.1, -0.05) is 6.92 Å². The summed E-state index contributed by atoms with van der Waals surface area (Å²) in [5.41, 5.74) is 1.49. The number of nitrogens with zero attached hydrogens (tertiary/aromatic N) is 5. The van der Waals surface area contributed by atoms with Crippen LogP contribution in [0.1, 0.15) is 19.0 Å². The average Bonchev–Trinajstić information content (AvgIpc) is 2.49. The average molecular weight is 255 g/mol. The maximum absolute atomic E-state index is 9.08. The topological polar surface area (TPSA) is 67.0 Å². The largest absolute Gasteiger partial charge is 0.369 e. The highest BCUT2D eigenvalue weighted by Gasteiger charge is 2.22. The Morgan fingerprint density at radius 3 is 2.63 bits per heavy atom. The van der Waals surface area contributed by atoms with Gasteiger partial charge in [0.15, 0.2) is 0 Å². The van der Waals surface area contributed by atoms with Gasteiger partial charge >= 0.3 is 0 Å². The van der Waals surface area contributed by atoms with Crippen LogP contribution in [-0.2, 0) is 0 Å². The van der Waals surface area contributed by atoms with Crippen LogP contribution in [0.15, 0.2) is 18.3 Å². The van der Waals surface area contributed by atoms with E-state index in [-0.39, 0.29) is 6.04 Å². The number of hydrogen-bond donors (Lipinski definition) is 0. The van der Waals surface area contributed by atoms with E-state index < -0.39 is 0 Å². The third kappa shape index (κ3) is 3.01. The summed E-state index contributed by atoms with van der Waals surface area (Å²) in [6, 6.07) is 8.18. The highest BCUT2D eigenvalue weighted by molar-refractivity contribution is 5.49. The fraction of sp³-hybridized carbons (Fsp3) is 0.500. The second kappa shape index (κ2) is 6.17. The van der Waals surface area contributed by atoms with Gasteiger partial charge in [0.1, 0.15) is 11.8 Å². The number of piperazine rings is 1. The predicted octanol–water partition coefficient (Wildman–Crippen LogP) is 1.38. The lowest BCUT2D eigenvalue weighted by molar-refractivity contribution is 0.216. The van der Waals surface area contributed by atoms with Crippen LogP contribution in [0.2, 0.25) is 0 Å². The molecule has 1 aromatic rings. The van der Waals surface area contributed by atoms with E-state index in [1.807, 2.05) is 19.1 Å². The van der Waals surface area contributed by atoms with Crippen molar-refractivity contribution in [2.24, 2.45) is 0 Å². The summed E-state index contributed by atoms with van der Waals surface area (Å²) in [5.74, 6) is 0. The molecular weight excluding hydrogens is 238 g/mol. The summed E-state index contributed by atoms with van der Waals surface area (Å²) in [6.45, 7) is 5.58. The van der Waals surface area contributed by atoms with Gasteiger partial charge in [0, 0.05) is 38.1 Å². The zero-order valence-electron chi connectivity index (χ0n) is 11.1. The van der Waals surface area contributed by atoms with Crippen LogP contribution in [0.25, 0.3) is 0 Å². The predicted molar refractivity (Wildman–Crippen MR) is 72.4 cm³/mol. The minimum Gasteiger partial charge on any atom is -0.369 e. The molecule has 2 heterocycles. The van der Waals surface area contributed by atoms with Crippen molar-refractivity contribution in [1.29, 1.82) is 10.5 Å². The summed E-state index contributed by atoms with van der Waals surface area (Å²) < 4.78 is 0. The molecule has 0 spiro atoms. The molecule has 0 radical (unpaired) electrons. The minimum atomic E-state index is 0.0225. The molecule has 0 aromatic carbocycles. The molecular formula is C14H17N5. The number of aromatic nitrogens is 1. The first-order valence-corrected chi connectivity index (χ1v) is 6.53. The van der Waals surface area contributed by atoms with Crippen molar-refractivity contribution < 1.29 is 0 Å². The van der Waals surface area contributed by atoms with Crippen LogP contribution in [0.5, 0.6) is 0 Å². The first-order valence-electron chi connectivity index (χ1n) is 6.53. The summed E-state index contributed by atoms with van der Waals surface area (Å²) >= 11 is 0. The Morgan fingerprint density at radius 1 is 1.32 bits per heavy atom. The van der Waals surface area contributed by atoms with Crippen LogP contribution in [0, 0.1) is 22.7 Å². The molecule has 0 bridgehead atoms. The molecule has 2 rings (SSSR count). The summed E-state index contributed by atoms with van der Waals surface area (Å²) in [7, 11) is 0. The van der Waals surface area contributed by atoms with E-state index in [4.69, 9.17) is 10.5 Å². The summed E-state index contributed by atoms with van der Waals surface area (Å²) in [4.78, 5) is 8.45. The molecule has 0 N–H and O–H groups in total. The Bertz CT molecular complexity index is 505. The smallest absolute Gasteiger partial charge is 0.142 e. The van der Waals surface area contributed by atoms with Crippen LogP contribution >= 0.6 is 0 Å². The normalized spacial score (nSPS) is 17.5. The van der Waals surface area contributed by atoms with E-state index in [2.05, 4.69) is 26.9 Å². The van der Waals surface area contributed by atoms with E-state index in [9.17, 15) is 0 Å². The molecule has 5 nitrogen and oxygen atoms in total. The number of nitriles is 2. The van der Waals surface area contributed by atoms with Crippen molar-refractivity contribution in [2.45, 2.75) is 19.4 Å². The second-order valence-electron chi connectivity index (χ2n) is 4.59. The monoisotopic (exact) mass is 255 g/mol. The van der Waals surface area contributed by atoms with E-state index in [1.54, 1.807) is 6.20 Å². The van der Waals surface area contributed by atoms with Gasteiger partial charge in [-0.25, -0.2) is 4.98 Å². The van der Waals surface area contributed by atoms with Gasteiger partial charge in [0.2, 0.25) is 0 Å². The molecule has 0 amide bonds. The van der Waals surface area contributed by atoms with Gasteiger partial charge < -0.3 is 4.90 Å². The second-order valence-corrected chi connectivity index (χ2v) is 4.59. The third-order valence-corrected chi connectivity index (χ3v) is 3.51. The highest BCUT2D eigenvalue weighted by Crippen LogP contribution is 2.17. The molecule has 1 aliphatic heterocycles. The maximum Gasteiger partial charge on any atom is 0.142 e. The zero-order chi connectivity index (χ0) is 13.7. The van der Waals surface area contributed by atoms with Crippen molar-refractivity contribution in [3.05, 3.63) is 24.0 Å². The van der Waals surface area contributed by atoms with E-state index in [0.29, 0.717) is 5.69 Å². The fourth-order valence-corrected chi connectivity index (χ4v) is 2.40. The Morgan fingerprint density at radius 2 is 2.05 bits per heavy atom. The van der Waals surface area contributed by atoms with Gasteiger partial charge in [-0.05, 0) is 18.6 Å². The molecule has 1 unspecified atom stereocenters. The minimum absolute atomic E-state index is 0.0225. The first kappa shape index (κ1) is 13.3. The quantitative estimate of drug-likeness (QED) is 0.816. The standard InChI is InChI=1S/C14H17N5/c1-2-13(11-16)18-5-7-19(8-6-18)14-3-4-17-12(9-14)10-15/h3-4,9,13H,2,5-8H2,1H3. The lowest BCUT2D eigenvalue weighted by atomic mass is 10.1. The van der Waals surface area contributed by atoms with Gasteiger partial charge in [-0.15, -0.1) is 0 Å². The van der Waals surface area contributed by atoms with Crippen LogP contribution < -0.4 is 4.90 Å². The Balaban J connectivity index is 2.00. The summed E-state index contributed by atoms with van der Waals surface area (Å²) in [5, 5.41) is 17.9. The van der Waals surface area contributed by atoms with Crippen molar-refractivity contribution in [3.8, 4) is 12.1 Å². The molecule has 0 saturated carbocycles. The van der Waals surface area contributed by atoms with Crippen molar-refractivity contribution in [1.82, 2.24) is 9.88 Å². The van der Waals surface area contributed by atoms with Crippen LogP contribution in [-0.4, -0.2) is 42.1 Å². The molecule has 1 atom stereocenters. The lowest BCUT2D eigenvalue weighted by Gasteiger charge is -2.37. The van der Waals surface area contributed by atoms with Crippen LogP contribution in [0.4, 0.5) is 5.69 Å². The molecule has 1 fully saturated rings. The van der Waals surface area contributed by atoms with Crippen molar-refractivity contribution in [2.75, 3.05) is 31.1 Å². The highest BCUT2D eigenvalue weighted by atomic mass is 15.3. The van der Waals surface area contributed by atoms with Crippen molar-refractivity contribution in [3.63, 3.8) is 0 Å². The van der Waals surface area contributed by atoms with Gasteiger partial charge in [-0.2, -0.15) is 10.5 Å². The summed E-state index contributed by atoms with van der Waals surface area (Å²) in [6.07, 6.45) is 2.54. The first-order chi connectivity index (χ1) is 9.28. The fourth-order valence-electron chi connectivity index (χ4n) is 2.40. The number of pyridine rings is 1. The number of rotatable bonds is 3. The Labute approximate surface area is 113 Å². The van der Waals surface area contributed by atoms with E-state index >= 15 is 0 Å². The molecule has 1 aromatic heterocycles.